The summed E-state index contributed by atoms with van der Waals surface area (Å²) in [4.78, 5) is 31.9. The van der Waals surface area contributed by atoms with Crippen molar-refractivity contribution in [3.05, 3.63) is 35.9 Å². The predicted octanol–water partition coefficient (Wildman–Crippen LogP) is 0.0487. The van der Waals surface area contributed by atoms with Crippen molar-refractivity contribution in [2.24, 2.45) is 5.84 Å². The highest BCUT2D eigenvalue weighted by molar-refractivity contribution is 7.88. The monoisotopic (exact) mass is 368 g/mol. The molecule has 1 aromatic rings. The first kappa shape index (κ1) is 17.6. The number of hydrazine groups is 1. The molecular formula is C15H20N4O5S. The number of rotatable bonds is 5. The molecule has 0 aromatic heterocycles. The molecule has 0 radical (unpaired) electrons. The van der Waals surface area contributed by atoms with Crippen molar-refractivity contribution in [1.82, 2.24) is 14.4 Å². The van der Waals surface area contributed by atoms with Crippen LogP contribution in [-0.4, -0.2) is 59.6 Å². The molecule has 10 heteroatoms. The maximum atomic E-state index is 12.6. The number of sulfonamides is 1. The second-order valence-corrected chi connectivity index (χ2v) is 8.02. The Balaban J connectivity index is 1.69. The van der Waals surface area contributed by atoms with Crippen molar-refractivity contribution >= 4 is 22.0 Å². The topological polar surface area (TPSA) is 113 Å². The molecule has 0 aliphatic carbocycles. The number of hydroxylamine groups is 2. The molecule has 2 N–H and O–H groups in total. The van der Waals surface area contributed by atoms with Crippen LogP contribution in [0.3, 0.4) is 0 Å². The molecule has 3 amide bonds. The third-order valence-corrected chi connectivity index (χ3v) is 5.29. The summed E-state index contributed by atoms with van der Waals surface area (Å²) in [5.41, 5.74) is 0.921. The summed E-state index contributed by atoms with van der Waals surface area (Å²) in [6, 6.07) is 7.91. The summed E-state index contributed by atoms with van der Waals surface area (Å²) in [6.07, 6.45) is 1.71. The van der Waals surface area contributed by atoms with Gasteiger partial charge >= 0.3 is 6.03 Å². The number of urea groups is 1. The number of hydrogen-bond donors (Lipinski definition) is 1. The van der Waals surface area contributed by atoms with E-state index < -0.39 is 28.0 Å². The van der Waals surface area contributed by atoms with Gasteiger partial charge in [-0.1, -0.05) is 30.3 Å². The quantitative estimate of drug-likeness (QED) is 0.446. The number of carbonyl (C=O) groups excluding carboxylic acids is 2. The Morgan fingerprint density at radius 3 is 2.64 bits per heavy atom. The summed E-state index contributed by atoms with van der Waals surface area (Å²) in [7, 11) is -3.87. The molecule has 1 aromatic carbocycles. The number of hydrogen-bond acceptors (Lipinski definition) is 6. The highest BCUT2D eigenvalue weighted by Gasteiger charge is 2.49. The van der Waals surface area contributed by atoms with Gasteiger partial charge in [0.15, 0.2) is 0 Å². The lowest BCUT2D eigenvalue weighted by atomic mass is 10.0. The lowest BCUT2D eigenvalue weighted by Crippen LogP contribution is -2.54. The van der Waals surface area contributed by atoms with E-state index in [0.717, 1.165) is 11.8 Å². The largest absolute Gasteiger partial charge is 0.345 e. The van der Waals surface area contributed by atoms with E-state index >= 15 is 0 Å². The molecule has 3 rings (SSSR count). The first-order chi connectivity index (χ1) is 11.8. The van der Waals surface area contributed by atoms with Crippen molar-refractivity contribution in [2.75, 3.05) is 12.8 Å². The standard InChI is InChI=1S/C15H20N4O5S/c1-25(22,23)19(16)14(20)13-8-7-12-9-17(13)15(21)18(12)24-10-11-5-3-2-4-6-11/h2-6,12-13H,7-10,16H2,1H3/t12-,13-/m1/s1. The maximum absolute atomic E-state index is 12.6. The molecule has 25 heavy (non-hydrogen) atoms. The SMILES string of the molecule is CS(=O)(=O)N(N)C(=O)[C@H]1CC[C@@H]2CN1C(=O)N2OCc1ccccc1. The summed E-state index contributed by atoms with van der Waals surface area (Å²) >= 11 is 0. The molecule has 0 unspecified atom stereocenters. The van der Waals surface area contributed by atoms with Crippen LogP contribution in [0.4, 0.5) is 4.79 Å². The first-order valence-corrected chi connectivity index (χ1v) is 9.69. The Bertz CT molecular complexity index is 769. The van der Waals surface area contributed by atoms with Crippen molar-refractivity contribution in [1.29, 1.82) is 0 Å². The molecule has 2 aliphatic heterocycles. The number of amides is 3. The van der Waals surface area contributed by atoms with Crippen LogP contribution in [0.5, 0.6) is 0 Å². The zero-order chi connectivity index (χ0) is 18.2. The number of nitrogens with zero attached hydrogens (tertiary/aromatic N) is 3. The van der Waals surface area contributed by atoms with Crippen LogP contribution in [0.2, 0.25) is 0 Å². The molecule has 136 valence electrons. The van der Waals surface area contributed by atoms with Gasteiger partial charge in [-0.25, -0.2) is 19.1 Å². The Morgan fingerprint density at radius 1 is 1.32 bits per heavy atom. The lowest BCUT2D eigenvalue weighted by Gasteiger charge is -2.31. The zero-order valence-electron chi connectivity index (χ0n) is 13.7. The van der Waals surface area contributed by atoms with Gasteiger partial charge in [0.25, 0.3) is 5.91 Å². The predicted molar refractivity (Wildman–Crippen MR) is 87.9 cm³/mol. The maximum Gasteiger partial charge on any atom is 0.345 e. The molecule has 2 aliphatic rings. The third kappa shape index (κ3) is 3.46. The van der Waals surface area contributed by atoms with Gasteiger partial charge in [0, 0.05) is 6.54 Å². The van der Waals surface area contributed by atoms with Gasteiger partial charge in [-0.05, 0) is 18.4 Å². The van der Waals surface area contributed by atoms with E-state index in [9.17, 15) is 18.0 Å². The third-order valence-electron chi connectivity index (χ3n) is 4.40. The van der Waals surface area contributed by atoms with E-state index in [4.69, 9.17) is 10.7 Å². The average molecular weight is 368 g/mol. The van der Waals surface area contributed by atoms with Gasteiger partial charge in [-0.2, -0.15) is 9.48 Å². The van der Waals surface area contributed by atoms with Crippen LogP contribution in [-0.2, 0) is 26.3 Å². The van der Waals surface area contributed by atoms with Crippen LogP contribution in [0.15, 0.2) is 30.3 Å². The second-order valence-electron chi connectivity index (χ2n) is 6.16. The van der Waals surface area contributed by atoms with Crippen molar-refractivity contribution in [3.63, 3.8) is 0 Å². The molecule has 2 atom stereocenters. The number of nitrogens with two attached hydrogens (primary N) is 1. The summed E-state index contributed by atoms with van der Waals surface area (Å²) in [5.74, 6) is 4.58. The summed E-state index contributed by atoms with van der Waals surface area (Å²) in [5, 5.41) is 1.28. The van der Waals surface area contributed by atoms with E-state index in [1.54, 1.807) is 0 Å². The van der Waals surface area contributed by atoms with Crippen LogP contribution in [0.1, 0.15) is 18.4 Å². The second kappa shape index (κ2) is 6.62. The average Bonchev–Trinajstić information content (AvgIpc) is 2.83. The highest BCUT2D eigenvalue weighted by atomic mass is 32.2. The fourth-order valence-corrected chi connectivity index (χ4v) is 3.53. The fraction of sp³-hybridized carbons (Fsp3) is 0.467. The van der Waals surface area contributed by atoms with Gasteiger partial charge in [-0.15, -0.1) is 0 Å². The minimum absolute atomic E-state index is 0.162. The molecular weight excluding hydrogens is 348 g/mol. The van der Waals surface area contributed by atoms with Gasteiger partial charge in [0.1, 0.15) is 12.6 Å². The van der Waals surface area contributed by atoms with E-state index in [1.165, 1.54) is 9.96 Å². The van der Waals surface area contributed by atoms with Crippen LogP contribution < -0.4 is 5.84 Å². The van der Waals surface area contributed by atoms with Crippen LogP contribution in [0, 0.1) is 0 Å². The first-order valence-electron chi connectivity index (χ1n) is 7.84. The van der Waals surface area contributed by atoms with Crippen molar-refractivity contribution < 1.29 is 22.8 Å². The van der Waals surface area contributed by atoms with Gasteiger partial charge in [0.05, 0.1) is 12.3 Å². The smallest absolute Gasteiger partial charge is 0.309 e. The number of fused-ring (bicyclic) bond motifs is 2. The van der Waals surface area contributed by atoms with E-state index in [1.807, 2.05) is 30.3 Å². The molecule has 0 saturated carbocycles. The Morgan fingerprint density at radius 2 is 2.00 bits per heavy atom. The fourth-order valence-electron chi connectivity index (χ4n) is 3.08. The van der Waals surface area contributed by atoms with Gasteiger partial charge in [0.2, 0.25) is 10.0 Å². The minimum atomic E-state index is -3.87. The molecule has 2 bridgehead atoms. The molecule has 2 saturated heterocycles. The molecule has 2 heterocycles. The zero-order valence-corrected chi connectivity index (χ0v) is 14.6. The minimum Gasteiger partial charge on any atom is -0.309 e. The number of piperidine rings is 1. The van der Waals surface area contributed by atoms with E-state index in [2.05, 4.69) is 0 Å². The summed E-state index contributed by atoms with van der Waals surface area (Å²) in [6.45, 7) is 0.545. The summed E-state index contributed by atoms with van der Waals surface area (Å²) < 4.78 is 23.1. The van der Waals surface area contributed by atoms with E-state index in [0.29, 0.717) is 19.4 Å². The number of benzene rings is 1. The highest BCUT2D eigenvalue weighted by Crippen LogP contribution is 2.31. The van der Waals surface area contributed by atoms with Crippen LogP contribution >= 0.6 is 0 Å². The Kier molecular flexibility index (Phi) is 4.67. The van der Waals surface area contributed by atoms with Crippen LogP contribution in [0.25, 0.3) is 0 Å². The van der Waals surface area contributed by atoms with Crippen molar-refractivity contribution in [3.8, 4) is 0 Å². The number of carbonyl (C=O) groups is 2. The van der Waals surface area contributed by atoms with E-state index in [-0.39, 0.29) is 17.1 Å². The molecule has 9 nitrogen and oxygen atoms in total. The Hall–Kier alpha value is -2.17. The molecule has 2 fully saturated rings. The Labute approximate surface area is 145 Å². The molecule has 0 spiro atoms. The normalized spacial score (nSPS) is 23.0. The van der Waals surface area contributed by atoms with Gasteiger partial charge in [-0.3, -0.25) is 9.63 Å². The lowest BCUT2D eigenvalue weighted by molar-refractivity contribution is -0.140. The van der Waals surface area contributed by atoms with Gasteiger partial charge < -0.3 is 4.90 Å². The van der Waals surface area contributed by atoms with Crippen molar-refractivity contribution in [2.45, 2.75) is 31.5 Å².